The maximum Gasteiger partial charge on any atom is 0.118 e. The zero-order chi connectivity index (χ0) is 9.42. The van der Waals surface area contributed by atoms with E-state index in [1.807, 2.05) is 24.8 Å². The number of benzene rings is 1. The van der Waals surface area contributed by atoms with Crippen molar-refractivity contribution < 1.29 is 5.11 Å². The van der Waals surface area contributed by atoms with Crippen LogP contribution in [0.25, 0.3) is 0 Å². The van der Waals surface area contributed by atoms with Gasteiger partial charge in [0, 0.05) is 10.1 Å². The highest BCUT2D eigenvalue weighted by molar-refractivity contribution is 8.00. The van der Waals surface area contributed by atoms with Crippen molar-refractivity contribution in [3.8, 4) is 5.75 Å². The molecule has 0 saturated heterocycles. The Labute approximate surface area is 83.2 Å². The van der Waals surface area contributed by atoms with Crippen LogP contribution in [0.15, 0.2) is 17.0 Å². The Bertz CT molecular complexity index is 333. The summed E-state index contributed by atoms with van der Waals surface area (Å²) in [5.74, 6) is 0.439. The summed E-state index contributed by atoms with van der Waals surface area (Å²) in [5, 5.41) is 10.3. The van der Waals surface area contributed by atoms with Crippen molar-refractivity contribution in [3.63, 3.8) is 0 Å². The molecule has 1 aromatic carbocycles. The van der Waals surface area contributed by atoms with E-state index in [0.29, 0.717) is 5.75 Å². The number of hydrogen-bond donors (Lipinski definition) is 1. The summed E-state index contributed by atoms with van der Waals surface area (Å²) in [5.41, 5.74) is 2.30. The van der Waals surface area contributed by atoms with Crippen LogP contribution >= 0.6 is 11.8 Å². The van der Waals surface area contributed by atoms with Crippen LogP contribution < -0.4 is 0 Å². The molecule has 0 bridgehead atoms. The molecule has 1 unspecified atom stereocenters. The van der Waals surface area contributed by atoms with Gasteiger partial charge in [-0.2, -0.15) is 0 Å². The van der Waals surface area contributed by atoms with Crippen LogP contribution in [0.2, 0.25) is 0 Å². The molecule has 1 aliphatic heterocycles. The summed E-state index contributed by atoms with van der Waals surface area (Å²) in [6.07, 6.45) is 2.33. The van der Waals surface area contributed by atoms with E-state index in [1.54, 1.807) is 0 Å². The topological polar surface area (TPSA) is 20.2 Å². The van der Waals surface area contributed by atoms with Crippen LogP contribution in [0, 0.1) is 6.92 Å². The van der Waals surface area contributed by atoms with Gasteiger partial charge >= 0.3 is 0 Å². The molecule has 0 amide bonds. The minimum absolute atomic E-state index is 0.439. The summed E-state index contributed by atoms with van der Waals surface area (Å²) in [6, 6.07) is 4.02. The predicted molar refractivity (Wildman–Crippen MR) is 56.5 cm³/mol. The lowest BCUT2D eigenvalue weighted by molar-refractivity contribution is 0.469. The van der Waals surface area contributed by atoms with E-state index in [-0.39, 0.29) is 0 Å². The van der Waals surface area contributed by atoms with Gasteiger partial charge in [-0.25, -0.2) is 0 Å². The van der Waals surface area contributed by atoms with Crippen LogP contribution in [-0.2, 0) is 6.42 Å². The molecular formula is C11H14OS. The monoisotopic (exact) mass is 194 g/mol. The number of rotatable bonds is 0. The lowest BCUT2D eigenvalue weighted by Gasteiger charge is -2.21. The second kappa shape index (κ2) is 3.26. The molecule has 0 aliphatic carbocycles. The molecule has 2 rings (SSSR count). The van der Waals surface area contributed by atoms with Crippen LogP contribution in [0.1, 0.15) is 24.5 Å². The van der Waals surface area contributed by atoms with Gasteiger partial charge in [0.05, 0.1) is 0 Å². The Balaban J connectivity index is 2.43. The summed E-state index contributed by atoms with van der Waals surface area (Å²) in [7, 11) is 0. The number of aryl methyl sites for hydroxylation is 2. The molecule has 0 saturated carbocycles. The fourth-order valence-electron chi connectivity index (χ4n) is 1.65. The van der Waals surface area contributed by atoms with E-state index in [0.717, 1.165) is 17.2 Å². The van der Waals surface area contributed by atoms with E-state index in [9.17, 15) is 5.11 Å². The third kappa shape index (κ3) is 1.68. The number of phenolic OH excluding ortho intramolecular Hbond substituents is 1. The molecule has 1 heterocycles. The largest absolute Gasteiger partial charge is 0.508 e. The first-order valence-electron chi connectivity index (χ1n) is 4.66. The SMILES string of the molecule is Cc1cc2c(cc1O)CCC(C)S2. The third-order valence-electron chi connectivity index (χ3n) is 2.53. The first kappa shape index (κ1) is 8.95. The molecule has 1 aromatic rings. The Morgan fingerprint density at radius 1 is 1.46 bits per heavy atom. The average molecular weight is 194 g/mol. The summed E-state index contributed by atoms with van der Waals surface area (Å²) >= 11 is 1.92. The highest BCUT2D eigenvalue weighted by Gasteiger charge is 2.16. The Morgan fingerprint density at radius 3 is 3.00 bits per heavy atom. The third-order valence-corrected chi connectivity index (χ3v) is 3.80. The Morgan fingerprint density at radius 2 is 2.23 bits per heavy atom. The highest BCUT2D eigenvalue weighted by Crippen LogP contribution is 2.37. The van der Waals surface area contributed by atoms with Crippen LogP contribution in [0.5, 0.6) is 5.75 Å². The number of aromatic hydroxyl groups is 1. The van der Waals surface area contributed by atoms with E-state index < -0.39 is 0 Å². The van der Waals surface area contributed by atoms with Crippen molar-refractivity contribution in [2.24, 2.45) is 0 Å². The second-order valence-corrected chi connectivity index (χ2v) is 5.19. The molecule has 1 aliphatic rings. The van der Waals surface area contributed by atoms with Gasteiger partial charge in [-0.15, -0.1) is 11.8 Å². The second-order valence-electron chi connectivity index (χ2n) is 3.71. The van der Waals surface area contributed by atoms with E-state index >= 15 is 0 Å². The van der Waals surface area contributed by atoms with Crippen molar-refractivity contribution >= 4 is 11.8 Å². The molecule has 0 aromatic heterocycles. The molecule has 0 spiro atoms. The molecule has 2 heteroatoms. The number of hydrogen-bond acceptors (Lipinski definition) is 2. The van der Waals surface area contributed by atoms with Crippen LogP contribution in [0.3, 0.4) is 0 Å². The molecule has 1 atom stereocenters. The summed E-state index contributed by atoms with van der Waals surface area (Å²) < 4.78 is 0. The van der Waals surface area contributed by atoms with Gasteiger partial charge in [-0.05, 0) is 43.0 Å². The van der Waals surface area contributed by atoms with Gasteiger partial charge in [0.25, 0.3) is 0 Å². The fourth-order valence-corrected chi connectivity index (χ4v) is 2.88. The minimum Gasteiger partial charge on any atom is -0.508 e. The van der Waals surface area contributed by atoms with Crippen molar-refractivity contribution in [3.05, 3.63) is 23.3 Å². The summed E-state index contributed by atoms with van der Waals surface area (Å²) in [6.45, 7) is 4.21. The molecule has 0 fully saturated rings. The number of fused-ring (bicyclic) bond motifs is 1. The smallest absolute Gasteiger partial charge is 0.118 e. The zero-order valence-electron chi connectivity index (χ0n) is 8.00. The van der Waals surface area contributed by atoms with Gasteiger partial charge in [0.15, 0.2) is 0 Å². The maximum atomic E-state index is 9.53. The highest BCUT2D eigenvalue weighted by atomic mass is 32.2. The van der Waals surface area contributed by atoms with Crippen molar-refractivity contribution in [2.75, 3.05) is 0 Å². The van der Waals surface area contributed by atoms with Gasteiger partial charge in [-0.1, -0.05) is 6.92 Å². The van der Waals surface area contributed by atoms with E-state index in [1.165, 1.54) is 16.9 Å². The quantitative estimate of drug-likeness (QED) is 0.684. The lowest BCUT2D eigenvalue weighted by atomic mass is 10.0. The zero-order valence-corrected chi connectivity index (χ0v) is 8.82. The van der Waals surface area contributed by atoms with Crippen LogP contribution in [0.4, 0.5) is 0 Å². The van der Waals surface area contributed by atoms with Crippen molar-refractivity contribution in [1.29, 1.82) is 0 Å². The number of thioether (sulfide) groups is 1. The standard InChI is InChI=1S/C11H14OS/c1-7-5-11-9(6-10(7)12)4-3-8(2)13-11/h5-6,8,12H,3-4H2,1-2H3. The molecule has 1 nitrogen and oxygen atoms in total. The van der Waals surface area contributed by atoms with Crippen molar-refractivity contribution in [2.45, 2.75) is 36.8 Å². The molecule has 70 valence electrons. The summed E-state index contributed by atoms with van der Waals surface area (Å²) in [4.78, 5) is 1.36. The van der Waals surface area contributed by atoms with Gasteiger partial charge < -0.3 is 5.11 Å². The Hall–Kier alpha value is -0.630. The van der Waals surface area contributed by atoms with E-state index in [2.05, 4.69) is 13.0 Å². The normalized spacial score (nSPS) is 21.2. The predicted octanol–water partition coefficient (Wildman–Crippen LogP) is 3.13. The molecule has 0 radical (unpaired) electrons. The van der Waals surface area contributed by atoms with E-state index in [4.69, 9.17) is 0 Å². The maximum absolute atomic E-state index is 9.53. The van der Waals surface area contributed by atoms with Crippen molar-refractivity contribution in [1.82, 2.24) is 0 Å². The molecular weight excluding hydrogens is 180 g/mol. The lowest BCUT2D eigenvalue weighted by Crippen LogP contribution is -2.06. The molecule has 13 heavy (non-hydrogen) atoms. The first-order valence-corrected chi connectivity index (χ1v) is 5.54. The first-order chi connectivity index (χ1) is 6.16. The Kier molecular flexibility index (Phi) is 2.24. The minimum atomic E-state index is 0.439. The number of phenols is 1. The van der Waals surface area contributed by atoms with Gasteiger partial charge in [0.1, 0.15) is 5.75 Å². The fraction of sp³-hybridized carbons (Fsp3) is 0.455. The van der Waals surface area contributed by atoms with Gasteiger partial charge in [0.2, 0.25) is 0 Å². The average Bonchev–Trinajstić information content (AvgIpc) is 2.08. The molecule has 1 N–H and O–H groups in total. The van der Waals surface area contributed by atoms with Crippen LogP contribution in [-0.4, -0.2) is 10.4 Å². The van der Waals surface area contributed by atoms with Gasteiger partial charge in [-0.3, -0.25) is 0 Å².